The molecular weight excluding hydrogens is 240 g/mol. The van der Waals surface area contributed by atoms with Gasteiger partial charge in [0, 0.05) is 22.5 Å². The number of anilines is 1. The molecule has 2 heterocycles. The molecule has 0 bridgehead atoms. The van der Waals surface area contributed by atoms with Crippen LogP contribution in [0.5, 0.6) is 0 Å². The largest absolute Gasteiger partial charge is 0.399 e. The molecule has 19 heavy (non-hydrogen) atoms. The quantitative estimate of drug-likeness (QED) is 0.654. The molecule has 3 rings (SSSR count). The summed E-state index contributed by atoms with van der Waals surface area (Å²) in [6.45, 7) is 3.76. The van der Waals surface area contributed by atoms with E-state index in [1.165, 1.54) is 0 Å². The van der Waals surface area contributed by atoms with Crippen molar-refractivity contribution in [3.8, 4) is 0 Å². The Kier molecular flexibility index (Phi) is 2.41. The van der Waals surface area contributed by atoms with Gasteiger partial charge in [-0.2, -0.15) is 5.10 Å². The standard InChI is InChI=1S/C14H14N4O/c1-8-5-12(17-16-8)14(19)18-9(2)6-10-7-11(15)3-4-13(10)18/h3-7H,15H2,1-2H3,(H,16,17). The number of benzene rings is 1. The third-order valence-electron chi connectivity index (χ3n) is 3.14. The van der Waals surface area contributed by atoms with Gasteiger partial charge in [0.15, 0.2) is 5.69 Å². The van der Waals surface area contributed by atoms with Crippen LogP contribution in [0.1, 0.15) is 21.9 Å². The lowest BCUT2D eigenvalue weighted by molar-refractivity contribution is 0.0958. The van der Waals surface area contributed by atoms with Gasteiger partial charge in [-0.15, -0.1) is 0 Å². The van der Waals surface area contributed by atoms with Gasteiger partial charge in [0.1, 0.15) is 0 Å². The average Bonchev–Trinajstić information content (AvgIpc) is 2.91. The van der Waals surface area contributed by atoms with Crippen molar-refractivity contribution in [2.75, 3.05) is 5.73 Å². The monoisotopic (exact) mass is 254 g/mol. The van der Waals surface area contributed by atoms with Crippen LogP contribution in [0.15, 0.2) is 30.3 Å². The molecule has 0 spiro atoms. The number of nitrogens with two attached hydrogens (primary N) is 1. The maximum Gasteiger partial charge on any atom is 0.283 e. The average molecular weight is 254 g/mol. The molecule has 3 N–H and O–H groups in total. The predicted octanol–water partition coefficient (Wildman–Crippen LogP) is 2.25. The number of H-pyrrole nitrogens is 1. The van der Waals surface area contributed by atoms with Crippen LogP contribution >= 0.6 is 0 Å². The zero-order valence-electron chi connectivity index (χ0n) is 10.8. The fraction of sp³-hybridized carbons (Fsp3) is 0.143. The van der Waals surface area contributed by atoms with Gasteiger partial charge in [0.25, 0.3) is 5.91 Å². The number of nitrogens with one attached hydrogen (secondary N) is 1. The van der Waals surface area contributed by atoms with Crippen LogP contribution in [0.2, 0.25) is 0 Å². The SMILES string of the molecule is Cc1cc(C(=O)n2c(C)cc3cc(N)ccc32)n[nH]1. The molecule has 5 heteroatoms. The van der Waals surface area contributed by atoms with E-state index in [-0.39, 0.29) is 5.91 Å². The van der Waals surface area contributed by atoms with E-state index in [0.717, 1.165) is 22.3 Å². The first kappa shape index (κ1) is 11.5. The molecule has 0 fully saturated rings. The number of aromatic amines is 1. The number of carbonyl (C=O) groups is 1. The number of fused-ring (bicyclic) bond motifs is 1. The van der Waals surface area contributed by atoms with Crippen LogP contribution in [-0.4, -0.2) is 20.7 Å². The number of nitrogens with zero attached hydrogens (tertiary/aromatic N) is 2. The molecule has 0 radical (unpaired) electrons. The van der Waals surface area contributed by atoms with Gasteiger partial charge < -0.3 is 5.73 Å². The van der Waals surface area contributed by atoms with Crippen molar-refractivity contribution in [1.82, 2.24) is 14.8 Å². The van der Waals surface area contributed by atoms with Crippen molar-refractivity contribution in [2.45, 2.75) is 13.8 Å². The molecule has 5 nitrogen and oxygen atoms in total. The number of nitrogen functional groups attached to an aromatic ring is 1. The second kappa shape index (κ2) is 3.98. The zero-order valence-corrected chi connectivity index (χ0v) is 10.8. The number of rotatable bonds is 1. The minimum atomic E-state index is -0.137. The van der Waals surface area contributed by atoms with Crippen LogP contribution < -0.4 is 5.73 Å². The van der Waals surface area contributed by atoms with Crippen LogP contribution in [0.4, 0.5) is 5.69 Å². The molecule has 0 aliphatic rings. The zero-order chi connectivity index (χ0) is 13.6. The van der Waals surface area contributed by atoms with Crippen LogP contribution in [-0.2, 0) is 0 Å². The maximum absolute atomic E-state index is 12.5. The number of aryl methyl sites for hydroxylation is 2. The van der Waals surface area contributed by atoms with Crippen molar-refractivity contribution in [1.29, 1.82) is 0 Å². The smallest absolute Gasteiger partial charge is 0.283 e. The van der Waals surface area contributed by atoms with Gasteiger partial charge in [0.05, 0.1) is 5.52 Å². The van der Waals surface area contributed by atoms with E-state index in [1.807, 2.05) is 32.0 Å². The molecule has 1 aromatic carbocycles. The molecule has 0 unspecified atom stereocenters. The first-order valence-electron chi connectivity index (χ1n) is 6.00. The Morgan fingerprint density at radius 2 is 2.05 bits per heavy atom. The predicted molar refractivity (Wildman–Crippen MR) is 74.1 cm³/mol. The van der Waals surface area contributed by atoms with Gasteiger partial charge in [0.2, 0.25) is 0 Å². The van der Waals surface area contributed by atoms with Crippen molar-refractivity contribution in [3.63, 3.8) is 0 Å². The molecule has 3 aromatic rings. The molecule has 0 aliphatic carbocycles. The molecular formula is C14H14N4O. The summed E-state index contributed by atoms with van der Waals surface area (Å²) in [5.74, 6) is -0.137. The van der Waals surface area contributed by atoms with Crippen LogP contribution in [0.25, 0.3) is 10.9 Å². The Bertz CT molecular complexity index is 782. The highest BCUT2D eigenvalue weighted by atomic mass is 16.2. The van der Waals surface area contributed by atoms with Crippen molar-refractivity contribution in [3.05, 3.63) is 47.4 Å². The molecule has 2 aromatic heterocycles. The minimum absolute atomic E-state index is 0.137. The Hall–Kier alpha value is -2.56. The molecule has 0 atom stereocenters. The van der Waals surface area contributed by atoms with Gasteiger partial charge in [-0.1, -0.05) is 0 Å². The van der Waals surface area contributed by atoms with E-state index in [9.17, 15) is 4.79 Å². The Labute approximate surface area is 110 Å². The fourth-order valence-corrected chi connectivity index (χ4v) is 2.28. The lowest BCUT2D eigenvalue weighted by Gasteiger charge is -2.04. The topological polar surface area (TPSA) is 76.7 Å². The second-order valence-electron chi connectivity index (χ2n) is 4.68. The number of aromatic nitrogens is 3. The van der Waals surface area contributed by atoms with Crippen molar-refractivity contribution >= 4 is 22.5 Å². The summed E-state index contributed by atoms with van der Waals surface area (Å²) in [4.78, 5) is 12.5. The first-order chi connectivity index (χ1) is 9.06. The lowest BCUT2D eigenvalue weighted by Crippen LogP contribution is -2.13. The van der Waals surface area contributed by atoms with Crippen molar-refractivity contribution in [2.24, 2.45) is 0 Å². The number of carbonyl (C=O) groups excluding carboxylic acids is 1. The second-order valence-corrected chi connectivity index (χ2v) is 4.68. The summed E-state index contributed by atoms with van der Waals surface area (Å²) in [6.07, 6.45) is 0. The minimum Gasteiger partial charge on any atom is -0.399 e. The summed E-state index contributed by atoms with van der Waals surface area (Å²) in [6, 6.07) is 9.20. The van der Waals surface area contributed by atoms with Crippen molar-refractivity contribution < 1.29 is 4.79 Å². The van der Waals surface area contributed by atoms with E-state index in [2.05, 4.69) is 10.2 Å². The van der Waals surface area contributed by atoms with Crippen LogP contribution in [0, 0.1) is 13.8 Å². The Balaban J connectivity index is 2.19. The summed E-state index contributed by atoms with van der Waals surface area (Å²) < 4.78 is 1.66. The van der Waals surface area contributed by atoms with Gasteiger partial charge in [-0.05, 0) is 44.2 Å². The molecule has 0 saturated carbocycles. The molecule has 96 valence electrons. The maximum atomic E-state index is 12.5. The summed E-state index contributed by atoms with van der Waals surface area (Å²) in [5, 5.41) is 7.76. The summed E-state index contributed by atoms with van der Waals surface area (Å²) >= 11 is 0. The third-order valence-corrected chi connectivity index (χ3v) is 3.14. The highest BCUT2D eigenvalue weighted by Crippen LogP contribution is 2.22. The first-order valence-corrected chi connectivity index (χ1v) is 6.00. The van der Waals surface area contributed by atoms with Gasteiger partial charge in [-0.25, -0.2) is 0 Å². The van der Waals surface area contributed by atoms with E-state index in [4.69, 9.17) is 5.73 Å². The van der Waals surface area contributed by atoms with E-state index < -0.39 is 0 Å². The van der Waals surface area contributed by atoms with Gasteiger partial charge in [-0.3, -0.25) is 14.5 Å². The molecule has 0 amide bonds. The normalized spacial score (nSPS) is 11.1. The number of hydrogen-bond acceptors (Lipinski definition) is 3. The highest BCUT2D eigenvalue weighted by molar-refractivity contribution is 6.02. The molecule has 0 saturated heterocycles. The highest BCUT2D eigenvalue weighted by Gasteiger charge is 2.16. The number of hydrogen-bond donors (Lipinski definition) is 2. The lowest BCUT2D eigenvalue weighted by atomic mass is 10.2. The van der Waals surface area contributed by atoms with E-state index in [0.29, 0.717) is 11.4 Å². The Morgan fingerprint density at radius 1 is 1.26 bits per heavy atom. The summed E-state index contributed by atoms with van der Waals surface area (Å²) in [5.41, 5.74) is 9.44. The van der Waals surface area contributed by atoms with E-state index in [1.54, 1.807) is 16.7 Å². The fourth-order valence-electron chi connectivity index (χ4n) is 2.28. The van der Waals surface area contributed by atoms with Gasteiger partial charge >= 0.3 is 0 Å². The summed E-state index contributed by atoms with van der Waals surface area (Å²) in [7, 11) is 0. The Morgan fingerprint density at radius 3 is 2.74 bits per heavy atom. The van der Waals surface area contributed by atoms with E-state index >= 15 is 0 Å². The third kappa shape index (κ3) is 1.79. The molecule has 0 aliphatic heterocycles. The van der Waals surface area contributed by atoms with Crippen LogP contribution in [0.3, 0.4) is 0 Å².